The summed E-state index contributed by atoms with van der Waals surface area (Å²) in [6.45, 7) is 6.83. The first-order valence-electron chi connectivity index (χ1n) is 8.79. The summed E-state index contributed by atoms with van der Waals surface area (Å²) < 4.78 is 27.5. The van der Waals surface area contributed by atoms with Crippen LogP contribution in [0.25, 0.3) is 0 Å². The molecule has 2 aromatic rings. The molecule has 2 aromatic heterocycles. The number of amides is 1. The van der Waals surface area contributed by atoms with Crippen LogP contribution in [-0.2, 0) is 21.4 Å². The molecule has 0 N–H and O–H groups in total. The van der Waals surface area contributed by atoms with Crippen LogP contribution in [0.2, 0.25) is 4.34 Å². The summed E-state index contributed by atoms with van der Waals surface area (Å²) in [6.07, 6.45) is 1.72. The third-order valence-electron chi connectivity index (χ3n) is 4.46. The molecule has 6 nitrogen and oxygen atoms in total. The molecular formula is C18H22ClN3O3S3. The number of piperazine rings is 1. The fourth-order valence-corrected chi connectivity index (χ4v) is 6.76. The van der Waals surface area contributed by atoms with E-state index >= 15 is 0 Å². The Bertz CT molecular complexity index is 904. The van der Waals surface area contributed by atoms with Crippen molar-refractivity contribution in [3.8, 4) is 0 Å². The highest BCUT2D eigenvalue weighted by atomic mass is 35.5. The first kappa shape index (κ1) is 21.5. The van der Waals surface area contributed by atoms with Gasteiger partial charge in [0, 0.05) is 37.6 Å². The molecule has 0 aromatic carbocycles. The Morgan fingerprint density at radius 1 is 1.25 bits per heavy atom. The number of nitrogens with zero attached hydrogens (tertiary/aromatic N) is 3. The number of carbonyl (C=O) groups is 1. The number of sulfonamides is 1. The highest BCUT2D eigenvalue weighted by molar-refractivity contribution is 7.91. The van der Waals surface area contributed by atoms with Gasteiger partial charge in [-0.15, -0.1) is 29.3 Å². The van der Waals surface area contributed by atoms with Crippen LogP contribution in [0.15, 0.2) is 46.5 Å². The molecule has 0 atom stereocenters. The van der Waals surface area contributed by atoms with E-state index in [0.717, 1.165) is 16.2 Å². The summed E-state index contributed by atoms with van der Waals surface area (Å²) in [5, 5.41) is 1.99. The molecule has 3 rings (SSSR count). The summed E-state index contributed by atoms with van der Waals surface area (Å²) >= 11 is 8.55. The van der Waals surface area contributed by atoms with Gasteiger partial charge in [-0.25, -0.2) is 8.42 Å². The lowest BCUT2D eigenvalue weighted by molar-refractivity contribution is -0.132. The molecule has 1 saturated heterocycles. The van der Waals surface area contributed by atoms with Gasteiger partial charge in [0.05, 0.1) is 17.4 Å². The van der Waals surface area contributed by atoms with Crippen LogP contribution in [-0.4, -0.2) is 67.7 Å². The quantitative estimate of drug-likeness (QED) is 0.569. The summed E-state index contributed by atoms with van der Waals surface area (Å²) in [5.41, 5.74) is 0. The smallest absolute Gasteiger partial charge is 0.252 e. The van der Waals surface area contributed by atoms with Gasteiger partial charge >= 0.3 is 0 Å². The molecule has 0 radical (unpaired) electrons. The number of carbonyl (C=O) groups excluding carboxylic acids is 1. The largest absolute Gasteiger partial charge is 0.333 e. The predicted molar refractivity (Wildman–Crippen MR) is 114 cm³/mol. The minimum absolute atomic E-state index is 0.0228. The van der Waals surface area contributed by atoms with Crippen LogP contribution in [0.4, 0.5) is 0 Å². The van der Waals surface area contributed by atoms with Crippen molar-refractivity contribution in [2.75, 3.05) is 39.3 Å². The number of rotatable bonds is 8. The molecule has 0 unspecified atom stereocenters. The first-order chi connectivity index (χ1) is 13.4. The van der Waals surface area contributed by atoms with E-state index in [9.17, 15) is 13.2 Å². The maximum absolute atomic E-state index is 12.7. The monoisotopic (exact) mass is 459 g/mol. The lowest BCUT2D eigenvalue weighted by atomic mass is 10.3. The van der Waals surface area contributed by atoms with Gasteiger partial charge in [0.25, 0.3) is 10.0 Å². The predicted octanol–water partition coefficient (Wildman–Crippen LogP) is 2.98. The van der Waals surface area contributed by atoms with Gasteiger partial charge < -0.3 is 4.90 Å². The standard InChI is InChI=1S/C18H22ClN3O3S3/c1-2-7-21(13-15-4-3-12-26-15)17(23)14-20-8-10-22(11-9-20)28(24,25)18-6-5-16(19)27-18/h2-6,12H,1,7-11,13-14H2. The molecular weight excluding hydrogens is 438 g/mol. The van der Waals surface area contributed by atoms with Crippen molar-refractivity contribution in [1.29, 1.82) is 0 Å². The fraction of sp³-hybridized carbons (Fsp3) is 0.389. The van der Waals surface area contributed by atoms with Crippen LogP contribution in [0.5, 0.6) is 0 Å². The second-order valence-corrected chi connectivity index (χ2v) is 11.3. The molecule has 1 amide bonds. The van der Waals surface area contributed by atoms with Gasteiger partial charge in [-0.3, -0.25) is 9.69 Å². The maximum Gasteiger partial charge on any atom is 0.252 e. The van der Waals surface area contributed by atoms with E-state index in [4.69, 9.17) is 11.6 Å². The van der Waals surface area contributed by atoms with Gasteiger partial charge in [-0.1, -0.05) is 23.7 Å². The van der Waals surface area contributed by atoms with E-state index in [2.05, 4.69) is 6.58 Å². The number of halogens is 1. The van der Waals surface area contributed by atoms with Crippen molar-refractivity contribution in [2.24, 2.45) is 0 Å². The average Bonchev–Trinajstić information content (AvgIpc) is 3.34. The molecule has 28 heavy (non-hydrogen) atoms. The number of hydrogen-bond donors (Lipinski definition) is 0. The van der Waals surface area contributed by atoms with E-state index < -0.39 is 10.0 Å². The van der Waals surface area contributed by atoms with Crippen LogP contribution in [0.1, 0.15) is 4.88 Å². The lowest BCUT2D eigenvalue weighted by Crippen LogP contribution is -2.51. The lowest BCUT2D eigenvalue weighted by Gasteiger charge is -2.34. The minimum Gasteiger partial charge on any atom is -0.333 e. The highest BCUT2D eigenvalue weighted by Crippen LogP contribution is 2.28. The molecule has 1 aliphatic heterocycles. The van der Waals surface area contributed by atoms with Crippen LogP contribution >= 0.6 is 34.3 Å². The average molecular weight is 460 g/mol. The molecule has 152 valence electrons. The number of thiophene rings is 2. The highest BCUT2D eigenvalue weighted by Gasteiger charge is 2.30. The number of hydrogen-bond acceptors (Lipinski definition) is 6. The normalized spacial score (nSPS) is 16.2. The van der Waals surface area contributed by atoms with Crippen molar-refractivity contribution >= 4 is 50.2 Å². The van der Waals surface area contributed by atoms with Crippen molar-refractivity contribution in [3.63, 3.8) is 0 Å². The van der Waals surface area contributed by atoms with Crippen LogP contribution < -0.4 is 0 Å². The molecule has 3 heterocycles. The topological polar surface area (TPSA) is 60.9 Å². The minimum atomic E-state index is -3.52. The Labute approximate surface area is 178 Å². The molecule has 0 spiro atoms. The Hall–Kier alpha value is -1.23. The Balaban J connectivity index is 1.55. The van der Waals surface area contributed by atoms with Crippen LogP contribution in [0.3, 0.4) is 0 Å². The third-order valence-corrected chi connectivity index (χ3v) is 8.92. The summed E-state index contributed by atoms with van der Waals surface area (Å²) in [6, 6.07) is 7.11. The second kappa shape index (κ2) is 9.51. The van der Waals surface area contributed by atoms with Crippen molar-refractivity contribution in [2.45, 2.75) is 10.8 Å². The zero-order valence-corrected chi connectivity index (χ0v) is 18.5. The van der Waals surface area contributed by atoms with Crippen LogP contribution in [0, 0.1) is 0 Å². The van der Waals surface area contributed by atoms with Gasteiger partial charge in [0.2, 0.25) is 5.91 Å². The fourth-order valence-electron chi connectivity index (χ4n) is 2.98. The van der Waals surface area contributed by atoms with Crippen molar-refractivity contribution < 1.29 is 13.2 Å². The zero-order valence-electron chi connectivity index (χ0n) is 15.3. The zero-order chi connectivity index (χ0) is 20.1. The molecule has 10 heteroatoms. The Kier molecular flexibility index (Phi) is 7.30. The van der Waals surface area contributed by atoms with E-state index in [-0.39, 0.29) is 16.7 Å². The molecule has 1 aliphatic rings. The van der Waals surface area contributed by atoms with Gasteiger partial charge in [0.15, 0.2) is 0 Å². The van der Waals surface area contributed by atoms with E-state index in [1.807, 2.05) is 22.4 Å². The third kappa shape index (κ3) is 5.22. The van der Waals surface area contributed by atoms with E-state index in [0.29, 0.717) is 43.6 Å². The SMILES string of the molecule is C=CCN(Cc1cccs1)C(=O)CN1CCN(S(=O)(=O)c2ccc(Cl)s2)CC1. The molecule has 0 bridgehead atoms. The van der Waals surface area contributed by atoms with E-state index in [1.165, 1.54) is 10.4 Å². The Morgan fingerprint density at radius 2 is 2.00 bits per heavy atom. The van der Waals surface area contributed by atoms with Crippen molar-refractivity contribution in [1.82, 2.24) is 14.1 Å². The molecule has 0 saturated carbocycles. The second-order valence-electron chi connectivity index (χ2n) is 6.38. The van der Waals surface area contributed by atoms with E-state index in [1.54, 1.807) is 28.4 Å². The summed E-state index contributed by atoms with van der Waals surface area (Å²) in [7, 11) is -3.52. The molecule has 1 fully saturated rings. The van der Waals surface area contributed by atoms with Gasteiger partial charge in [0.1, 0.15) is 4.21 Å². The Morgan fingerprint density at radius 3 is 2.57 bits per heavy atom. The summed E-state index contributed by atoms with van der Waals surface area (Å²) in [4.78, 5) is 17.6. The van der Waals surface area contributed by atoms with Gasteiger partial charge in [-0.2, -0.15) is 4.31 Å². The van der Waals surface area contributed by atoms with Gasteiger partial charge in [-0.05, 0) is 23.6 Å². The molecule has 0 aliphatic carbocycles. The summed E-state index contributed by atoms with van der Waals surface area (Å²) in [5.74, 6) is 0.0228. The van der Waals surface area contributed by atoms with Crippen molar-refractivity contribution in [3.05, 3.63) is 51.5 Å². The first-order valence-corrected chi connectivity index (χ1v) is 12.3. The maximum atomic E-state index is 12.7.